The summed E-state index contributed by atoms with van der Waals surface area (Å²) in [5, 5.41) is 0.376. The van der Waals surface area contributed by atoms with Crippen LogP contribution in [0.5, 0.6) is 0 Å². The molecule has 0 fully saturated rings. The Morgan fingerprint density at radius 3 is 2.48 bits per heavy atom. The Labute approximate surface area is 170 Å². The third-order valence-corrected chi connectivity index (χ3v) is 5.75. The molecule has 0 N–H and O–H groups in total. The van der Waals surface area contributed by atoms with E-state index in [1.807, 2.05) is 26.0 Å². The Morgan fingerprint density at radius 1 is 1.07 bits per heavy atom. The standard InChI is InChI=1S/C22H17F2N3OS/c1-13-9-18-19(10-14(13)2)29-22(26-18)27(12-15-5-4-8-25-11-15)21(28)20-16(23)6-3-7-17(20)24/h3-11H,12H2,1-2H3. The van der Waals surface area contributed by atoms with Crippen LogP contribution in [0.1, 0.15) is 27.0 Å². The minimum atomic E-state index is -0.904. The first-order chi connectivity index (χ1) is 13.9. The lowest BCUT2D eigenvalue weighted by Crippen LogP contribution is -2.32. The lowest BCUT2D eigenvalue weighted by molar-refractivity contribution is 0.0977. The van der Waals surface area contributed by atoms with E-state index in [1.54, 1.807) is 24.5 Å². The number of halogens is 2. The zero-order valence-electron chi connectivity index (χ0n) is 15.8. The minimum absolute atomic E-state index is 0.0955. The number of pyridine rings is 1. The van der Waals surface area contributed by atoms with Gasteiger partial charge in [0.1, 0.15) is 17.2 Å². The van der Waals surface area contributed by atoms with Gasteiger partial charge in [0, 0.05) is 12.4 Å². The molecule has 4 rings (SSSR count). The Morgan fingerprint density at radius 2 is 1.79 bits per heavy atom. The zero-order chi connectivity index (χ0) is 20.5. The van der Waals surface area contributed by atoms with Crippen LogP contribution < -0.4 is 4.90 Å². The molecule has 2 heterocycles. The number of thiazole rings is 1. The number of nitrogens with zero attached hydrogens (tertiary/aromatic N) is 3. The van der Waals surface area contributed by atoms with E-state index in [0.29, 0.717) is 5.13 Å². The van der Waals surface area contributed by atoms with Crippen LogP contribution in [0.3, 0.4) is 0 Å². The van der Waals surface area contributed by atoms with Gasteiger partial charge in [-0.2, -0.15) is 0 Å². The van der Waals surface area contributed by atoms with Crippen LogP contribution in [-0.4, -0.2) is 15.9 Å². The van der Waals surface area contributed by atoms with E-state index >= 15 is 0 Å². The van der Waals surface area contributed by atoms with Gasteiger partial charge in [-0.25, -0.2) is 13.8 Å². The van der Waals surface area contributed by atoms with Gasteiger partial charge in [0.2, 0.25) is 0 Å². The Balaban J connectivity index is 1.83. The van der Waals surface area contributed by atoms with Crippen LogP contribution in [0.4, 0.5) is 13.9 Å². The lowest BCUT2D eigenvalue weighted by Gasteiger charge is -2.20. The maximum atomic E-state index is 14.3. The van der Waals surface area contributed by atoms with E-state index in [4.69, 9.17) is 0 Å². The average molecular weight is 409 g/mol. The molecule has 4 aromatic rings. The Bertz CT molecular complexity index is 1150. The van der Waals surface area contributed by atoms with Crippen molar-refractivity contribution in [2.75, 3.05) is 4.90 Å². The first kappa shape index (κ1) is 19.1. The fourth-order valence-corrected chi connectivity index (χ4v) is 4.06. The maximum Gasteiger partial charge on any atom is 0.266 e. The molecule has 0 bridgehead atoms. The molecule has 1 amide bonds. The molecule has 0 spiro atoms. The third kappa shape index (κ3) is 3.73. The van der Waals surface area contributed by atoms with Gasteiger partial charge in [-0.05, 0) is 60.9 Å². The predicted octanol–water partition coefficient (Wildman–Crippen LogP) is 5.43. The van der Waals surface area contributed by atoms with Crippen LogP contribution in [0, 0.1) is 25.5 Å². The molecule has 2 aromatic heterocycles. The molecule has 0 saturated carbocycles. The second-order valence-corrected chi connectivity index (χ2v) is 7.76. The Kier molecular flexibility index (Phi) is 5.07. The summed E-state index contributed by atoms with van der Waals surface area (Å²) >= 11 is 1.31. The highest BCUT2D eigenvalue weighted by Gasteiger charge is 2.27. The summed E-state index contributed by atoms with van der Waals surface area (Å²) in [4.78, 5) is 23.1. The number of carbonyl (C=O) groups excluding carboxylic acids is 1. The lowest BCUT2D eigenvalue weighted by atomic mass is 10.1. The zero-order valence-corrected chi connectivity index (χ0v) is 16.6. The highest BCUT2D eigenvalue weighted by Crippen LogP contribution is 2.33. The summed E-state index contributed by atoms with van der Waals surface area (Å²) in [6, 6.07) is 10.9. The topological polar surface area (TPSA) is 46.1 Å². The number of fused-ring (bicyclic) bond motifs is 1. The number of aromatic nitrogens is 2. The molecular formula is C22H17F2N3OS. The number of amides is 1. The summed E-state index contributed by atoms with van der Waals surface area (Å²) in [5.74, 6) is -2.59. The summed E-state index contributed by atoms with van der Waals surface area (Å²) in [6.07, 6.45) is 3.23. The summed E-state index contributed by atoms with van der Waals surface area (Å²) in [6.45, 7) is 4.08. The van der Waals surface area contributed by atoms with Crippen molar-refractivity contribution < 1.29 is 13.6 Å². The minimum Gasteiger partial charge on any atom is -0.279 e. The monoisotopic (exact) mass is 409 g/mol. The number of aryl methyl sites for hydroxylation is 2. The van der Waals surface area contributed by atoms with E-state index in [9.17, 15) is 13.6 Å². The molecule has 29 heavy (non-hydrogen) atoms. The van der Waals surface area contributed by atoms with Gasteiger partial charge in [0.05, 0.1) is 16.8 Å². The summed E-state index contributed by atoms with van der Waals surface area (Å²) < 4.78 is 29.5. The van der Waals surface area contributed by atoms with Crippen LogP contribution in [0.15, 0.2) is 54.9 Å². The van der Waals surface area contributed by atoms with E-state index in [2.05, 4.69) is 9.97 Å². The quantitative estimate of drug-likeness (QED) is 0.451. The summed E-state index contributed by atoms with van der Waals surface area (Å²) in [5.41, 5.74) is 3.07. The highest BCUT2D eigenvalue weighted by atomic mass is 32.1. The van der Waals surface area contributed by atoms with Gasteiger partial charge in [-0.1, -0.05) is 23.5 Å². The predicted molar refractivity (Wildman–Crippen MR) is 110 cm³/mol. The second kappa shape index (κ2) is 7.67. The smallest absolute Gasteiger partial charge is 0.266 e. The molecule has 0 aliphatic rings. The molecule has 7 heteroatoms. The number of carbonyl (C=O) groups is 1. The molecule has 0 saturated heterocycles. The molecule has 0 aliphatic carbocycles. The molecule has 0 unspecified atom stereocenters. The molecule has 0 aliphatic heterocycles. The second-order valence-electron chi connectivity index (χ2n) is 6.75. The third-order valence-electron chi connectivity index (χ3n) is 4.71. The number of hydrogen-bond acceptors (Lipinski definition) is 4. The number of anilines is 1. The van der Waals surface area contributed by atoms with Crippen molar-refractivity contribution in [3.8, 4) is 0 Å². The van der Waals surface area contributed by atoms with Crippen molar-refractivity contribution in [1.29, 1.82) is 0 Å². The molecular weight excluding hydrogens is 392 g/mol. The molecule has 2 aromatic carbocycles. The van der Waals surface area contributed by atoms with Crippen molar-refractivity contribution in [3.63, 3.8) is 0 Å². The fourth-order valence-electron chi connectivity index (χ4n) is 3.02. The SMILES string of the molecule is Cc1cc2nc(N(Cc3cccnc3)C(=O)c3c(F)cccc3F)sc2cc1C. The normalized spacial score (nSPS) is 11.0. The molecule has 146 valence electrons. The largest absolute Gasteiger partial charge is 0.279 e. The van der Waals surface area contributed by atoms with Gasteiger partial charge in [-0.15, -0.1) is 0 Å². The number of benzene rings is 2. The molecule has 4 nitrogen and oxygen atoms in total. The first-order valence-corrected chi connectivity index (χ1v) is 9.78. The van der Waals surface area contributed by atoms with Crippen LogP contribution >= 0.6 is 11.3 Å². The van der Waals surface area contributed by atoms with Crippen LogP contribution in [0.2, 0.25) is 0 Å². The molecule has 0 radical (unpaired) electrons. The number of rotatable bonds is 4. The first-order valence-electron chi connectivity index (χ1n) is 8.96. The van der Waals surface area contributed by atoms with Gasteiger partial charge in [0.15, 0.2) is 5.13 Å². The van der Waals surface area contributed by atoms with Crippen LogP contribution in [0.25, 0.3) is 10.2 Å². The van der Waals surface area contributed by atoms with Crippen molar-refractivity contribution in [3.05, 3.63) is 88.7 Å². The maximum absolute atomic E-state index is 14.3. The van der Waals surface area contributed by atoms with Gasteiger partial charge in [-0.3, -0.25) is 14.7 Å². The number of hydrogen-bond donors (Lipinski definition) is 0. The van der Waals surface area contributed by atoms with Crippen molar-refractivity contribution in [2.24, 2.45) is 0 Å². The highest BCUT2D eigenvalue weighted by molar-refractivity contribution is 7.22. The van der Waals surface area contributed by atoms with Gasteiger partial charge in [0.25, 0.3) is 5.91 Å². The van der Waals surface area contributed by atoms with Crippen molar-refractivity contribution in [1.82, 2.24) is 9.97 Å². The van der Waals surface area contributed by atoms with Gasteiger partial charge < -0.3 is 0 Å². The van der Waals surface area contributed by atoms with E-state index < -0.39 is 23.1 Å². The van der Waals surface area contributed by atoms with E-state index in [0.717, 1.165) is 39.0 Å². The fraction of sp³-hybridized carbons (Fsp3) is 0.136. The van der Waals surface area contributed by atoms with E-state index in [1.165, 1.54) is 22.3 Å². The average Bonchev–Trinajstić information content (AvgIpc) is 3.09. The van der Waals surface area contributed by atoms with Gasteiger partial charge >= 0.3 is 0 Å². The molecule has 0 atom stereocenters. The van der Waals surface area contributed by atoms with Crippen molar-refractivity contribution in [2.45, 2.75) is 20.4 Å². The van der Waals surface area contributed by atoms with Crippen LogP contribution in [-0.2, 0) is 6.54 Å². The Hall–Kier alpha value is -3.19. The van der Waals surface area contributed by atoms with Crippen molar-refractivity contribution >= 4 is 32.6 Å². The summed E-state index contributed by atoms with van der Waals surface area (Å²) in [7, 11) is 0. The van der Waals surface area contributed by atoms with E-state index in [-0.39, 0.29) is 6.54 Å².